The number of aryl methyl sites for hydroxylation is 2. The van der Waals surface area contributed by atoms with Gasteiger partial charge in [0, 0.05) is 19.8 Å². The van der Waals surface area contributed by atoms with Crippen molar-refractivity contribution in [2.75, 3.05) is 19.4 Å². The molecule has 0 fully saturated rings. The average molecular weight is 345 g/mol. The van der Waals surface area contributed by atoms with Crippen molar-refractivity contribution in [3.63, 3.8) is 0 Å². The van der Waals surface area contributed by atoms with Gasteiger partial charge in [-0.15, -0.1) is 5.10 Å². The maximum Gasteiger partial charge on any atom is 0.336 e. The smallest absolute Gasteiger partial charge is 0.336 e. The van der Waals surface area contributed by atoms with Gasteiger partial charge in [0.05, 0.1) is 11.8 Å². The van der Waals surface area contributed by atoms with E-state index in [0.717, 1.165) is 5.56 Å². The Morgan fingerprint density at radius 3 is 2.48 bits per heavy atom. The highest BCUT2D eigenvalue weighted by Gasteiger charge is 2.16. The number of hydrogen-bond acceptors (Lipinski definition) is 5. The van der Waals surface area contributed by atoms with Crippen LogP contribution in [0, 0.1) is 13.8 Å². The number of carboxylic acids is 1. The van der Waals surface area contributed by atoms with Gasteiger partial charge in [0.2, 0.25) is 5.91 Å². The molecule has 0 unspecified atom stereocenters. The number of carboxylic acid groups (broad SMARTS) is 1. The van der Waals surface area contributed by atoms with Crippen LogP contribution in [0.25, 0.3) is 0 Å². The van der Waals surface area contributed by atoms with E-state index in [4.69, 9.17) is 0 Å². The van der Waals surface area contributed by atoms with Crippen molar-refractivity contribution < 1.29 is 19.5 Å². The first-order valence-corrected chi connectivity index (χ1v) is 7.45. The van der Waals surface area contributed by atoms with E-state index in [1.807, 2.05) is 0 Å². The third-order valence-corrected chi connectivity index (χ3v) is 3.62. The lowest BCUT2D eigenvalue weighted by Crippen LogP contribution is -2.26. The van der Waals surface area contributed by atoms with Crippen molar-refractivity contribution in [1.29, 1.82) is 0 Å². The van der Waals surface area contributed by atoms with Gasteiger partial charge in [0.25, 0.3) is 5.91 Å². The van der Waals surface area contributed by atoms with Crippen LogP contribution in [0.4, 0.5) is 5.69 Å². The summed E-state index contributed by atoms with van der Waals surface area (Å²) in [6.45, 7) is 3.43. The number of carbonyl (C=O) groups is 3. The first-order valence-electron chi connectivity index (χ1n) is 7.45. The lowest BCUT2D eigenvalue weighted by atomic mass is 10.0. The highest BCUT2D eigenvalue weighted by Crippen LogP contribution is 2.21. The van der Waals surface area contributed by atoms with Crippen LogP contribution >= 0.6 is 0 Å². The first-order chi connectivity index (χ1) is 11.7. The number of hydrogen-bond donors (Lipinski definition) is 2. The number of amides is 2. The number of benzene rings is 1. The van der Waals surface area contributed by atoms with Gasteiger partial charge in [0.1, 0.15) is 6.54 Å². The third-order valence-electron chi connectivity index (χ3n) is 3.62. The lowest BCUT2D eigenvalue weighted by molar-refractivity contribution is -0.129. The van der Waals surface area contributed by atoms with Crippen molar-refractivity contribution in [3.8, 4) is 0 Å². The van der Waals surface area contributed by atoms with E-state index in [9.17, 15) is 19.5 Å². The number of anilines is 1. The van der Waals surface area contributed by atoms with Crippen molar-refractivity contribution in [2.45, 2.75) is 20.4 Å². The van der Waals surface area contributed by atoms with Crippen LogP contribution in [0.2, 0.25) is 0 Å². The second kappa shape index (κ2) is 7.12. The minimum atomic E-state index is -1.07. The molecule has 9 heteroatoms. The monoisotopic (exact) mass is 345 g/mol. The van der Waals surface area contributed by atoms with Crippen molar-refractivity contribution in [2.24, 2.45) is 0 Å². The third kappa shape index (κ3) is 4.19. The molecule has 1 aromatic carbocycles. The summed E-state index contributed by atoms with van der Waals surface area (Å²) in [4.78, 5) is 36.6. The Labute approximate surface area is 144 Å². The summed E-state index contributed by atoms with van der Waals surface area (Å²) >= 11 is 0. The van der Waals surface area contributed by atoms with E-state index in [1.165, 1.54) is 21.8 Å². The van der Waals surface area contributed by atoms with E-state index in [0.29, 0.717) is 11.3 Å². The molecule has 2 amide bonds. The molecule has 0 bridgehead atoms. The molecule has 0 spiro atoms. The van der Waals surface area contributed by atoms with E-state index in [1.54, 1.807) is 34.0 Å². The van der Waals surface area contributed by atoms with Crippen LogP contribution in [0.3, 0.4) is 0 Å². The highest BCUT2D eigenvalue weighted by atomic mass is 16.4. The van der Waals surface area contributed by atoms with E-state index < -0.39 is 11.9 Å². The molecular formula is C16H19N5O4. The van der Waals surface area contributed by atoms with Gasteiger partial charge in [-0.3, -0.25) is 9.59 Å². The Balaban J connectivity index is 2.18. The Kier molecular flexibility index (Phi) is 5.16. The van der Waals surface area contributed by atoms with E-state index in [-0.39, 0.29) is 23.7 Å². The van der Waals surface area contributed by atoms with Crippen molar-refractivity contribution in [3.05, 3.63) is 40.7 Å². The van der Waals surface area contributed by atoms with Crippen molar-refractivity contribution in [1.82, 2.24) is 19.9 Å². The Morgan fingerprint density at radius 1 is 1.20 bits per heavy atom. The van der Waals surface area contributed by atoms with Crippen molar-refractivity contribution >= 4 is 23.5 Å². The number of aromatic nitrogens is 3. The molecule has 2 rings (SSSR count). The summed E-state index contributed by atoms with van der Waals surface area (Å²) in [5, 5.41) is 19.3. The zero-order chi connectivity index (χ0) is 18.7. The summed E-state index contributed by atoms with van der Waals surface area (Å²) in [6, 6.07) is 3.09. The minimum absolute atomic E-state index is 0.0278. The molecule has 0 aliphatic carbocycles. The van der Waals surface area contributed by atoms with Crippen LogP contribution in [0.5, 0.6) is 0 Å². The number of likely N-dealkylation sites (N-methyl/N-ethyl adjacent to an activating group) is 1. The molecule has 0 atom stereocenters. The van der Waals surface area contributed by atoms with Crippen LogP contribution < -0.4 is 5.32 Å². The standard InChI is InChI=1S/C16H19N5O4/c1-9-5-10(2)12(6-11(9)16(24)25)17-15(23)13-7-21(19-18-13)8-14(22)20(3)4/h5-7H,8H2,1-4H3,(H,17,23)(H,24,25). The van der Waals surface area contributed by atoms with Gasteiger partial charge in [-0.25, -0.2) is 9.48 Å². The fourth-order valence-electron chi connectivity index (χ4n) is 2.16. The van der Waals surface area contributed by atoms with Gasteiger partial charge in [-0.2, -0.15) is 0 Å². The number of nitrogens with one attached hydrogen (secondary N) is 1. The maximum atomic E-state index is 12.3. The Hall–Kier alpha value is -3.23. The number of nitrogens with zero attached hydrogens (tertiary/aromatic N) is 4. The molecule has 1 aromatic heterocycles. The fraction of sp³-hybridized carbons (Fsp3) is 0.312. The zero-order valence-corrected chi connectivity index (χ0v) is 14.4. The van der Waals surface area contributed by atoms with Gasteiger partial charge in [-0.05, 0) is 31.0 Å². The van der Waals surface area contributed by atoms with Crippen LogP contribution in [0.1, 0.15) is 32.0 Å². The molecule has 2 aromatic rings. The molecule has 9 nitrogen and oxygen atoms in total. The maximum absolute atomic E-state index is 12.3. The summed E-state index contributed by atoms with van der Waals surface area (Å²) in [7, 11) is 3.24. The predicted octanol–water partition coefficient (Wildman–Crippen LogP) is 0.934. The average Bonchev–Trinajstić information content (AvgIpc) is 2.98. The summed E-state index contributed by atoms with van der Waals surface area (Å²) in [5.41, 5.74) is 1.86. The van der Waals surface area contributed by atoms with Gasteiger partial charge in [0.15, 0.2) is 5.69 Å². The van der Waals surface area contributed by atoms with Crippen LogP contribution in [0.15, 0.2) is 18.3 Å². The first kappa shape index (κ1) is 18.1. The van der Waals surface area contributed by atoms with Crippen LogP contribution in [-0.2, 0) is 11.3 Å². The van der Waals surface area contributed by atoms with Gasteiger partial charge in [-0.1, -0.05) is 11.3 Å². The van der Waals surface area contributed by atoms with Crippen LogP contribution in [-0.4, -0.2) is 56.9 Å². The van der Waals surface area contributed by atoms with Gasteiger partial charge >= 0.3 is 5.97 Å². The molecule has 25 heavy (non-hydrogen) atoms. The summed E-state index contributed by atoms with van der Waals surface area (Å²) < 4.78 is 1.27. The minimum Gasteiger partial charge on any atom is -0.478 e. The Morgan fingerprint density at radius 2 is 1.88 bits per heavy atom. The number of rotatable bonds is 5. The van der Waals surface area contributed by atoms with E-state index in [2.05, 4.69) is 15.6 Å². The number of aromatic carboxylic acids is 1. The number of carbonyl (C=O) groups excluding carboxylic acids is 2. The molecule has 0 aliphatic heterocycles. The van der Waals surface area contributed by atoms with E-state index >= 15 is 0 Å². The lowest BCUT2D eigenvalue weighted by Gasteiger charge is -2.10. The normalized spacial score (nSPS) is 10.4. The fourth-order valence-corrected chi connectivity index (χ4v) is 2.16. The molecule has 0 aliphatic rings. The zero-order valence-electron chi connectivity index (χ0n) is 14.4. The molecule has 0 saturated heterocycles. The molecular weight excluding hydrogens is 326 g/mol. The largest absolute Gasteiger partial charge is 0.478 e. The topological polar surface area (TPSA) is 117 Å². The molecule has 132 valence electrons. The summed E-state index contributed by atoms with van der Waals surface area (Å²) in [5.74, 6) is -1.79. The highest BCUT2D eigenvalue weighted by molar-refractivity contribution is 6.04. The molecule has 0 saturated carbocycles. The quantitative estimate of drug-likeness (QED) is 0.832. The molecule has 1 heterocycles. The molecule has 2 N–H and O–H groups in total. The van der Waals surface area contributed by atoms with Gasteiger partial charge < -0.3 is 15.3 Å². The summed E-state index contributed by atoms with van der Waals surface area (Å²) in [6.07, 6.45) is 1.36. The second-order valence-corrected chi connectivity index (χ2v) is 5.83. The molecule has 0 radical (unpaired) electrons. The second-order valence-electron chi connectivity index (χ2n) is 5.83. The Bertz CT molecular complexity index is 841. The predicted molar refractivity (Wildman–Crippen MR) is 89.5 cm³/mol. The SMILES string of the molecule is Cc1cc(C)c(C(=O)O)cc1NC(=O)c1cn(CC(=O)N(C)C)nn1.